The zero-order valence-electron chi connectivity index (χ0n) is 27.4. The van der Waals surface area contributed by atoms with E-state index in [0.29, 0.717) is 44.1 Å². The molecule has 0 radical (unpaired) electrons. The van der Waals surface area contributed by atoms with Gasteiger partial charge in [0.05, 0.1) is 24.8 Å². The first-order valence-corrected chi connectivity index (χ1v) is 16.1. The van der Waals surface area contributed by atoms with Crippen molar-refractivity contribution in [1.29, 1.82) is 0 Å². The van der Waals surface area contributed by atoms with E-state index >= 15 is 0 Å². The summed E-state index contributed by atoms with van der Waals surface area (Å²) in [5.41, 5.74) is 3.07. The number of carboxylic acids is 4. The van der Waals surface area contributed by atoms with Crippen molar-refractivity contribution in [3.8, 4) is 5.75 Å². The molecule has 50 heavy (non-hydrogen) atoms. The summed E-state index contributed by atoms with van der Waals surface area (Å²) in [6, 6.07) is 16.3. The zero-order chi connectivity index (χ0) is 36.1. The van der Waals surface area contributed by atoms with Crippen LogP contribution in [0.15, 0.2) is 72.8 Å². The summed E-state index contributed by atoms with van der Waals surface area (Å²) in [6.45, 7) is 7.98. The number of carboxylic acid groups (broad SMARTS) is 4. The van der Waals surface area contributed by atoms with Crippen LogP contribution in [0.5, 0.6) is 5.75 Å². The fourth-order valence-electron chi connectivity index (χ4n) is 5.98. The first-order valence-electron chi connectivity index (χ1n) is 16.1. The maximum atomic E-state index is 12.5. The molecule has 268 valence electrons. The van der Waals surface area contributed by atoms with E-state index in [0.717, 1.165) is 81.1 Å². The Morgan fingerprint density at radius 3 is 1.80 bits per heavy atom. The Morgan fingerprint density at radius 1 is 0.700 bits per heavy atom. The Balaban J connectivity index is 0.000000294. The van der Waals surface area contributed by atoms with Gasteiger partial charge in [0, 0.05) is 75.7 Å². The molecule has 2 unspecified atom stereocenters. The molecule has 4 N–H and O–H groups in total. The number of para-hydroxylation sites is 1. The molecule has 2 aromatic carbocycles. The number of piperazine rings is 1. The number of rotatable bonds is 8. The molecule has 2 atom stereocenters. The molecule has 15 nitrogen and oxygen atoms in total. The molecule has 2 aromatic rings. The molecule has 15 heteroatoms. The summed E-state index contributed by atoms with van der Waals surface area (Å²) in [6.07, 6.45) is 4.49. The van der Waals surface area contributed by atoms with Crippen LogP contribution in [0, 0.1) is 0 Å². The predicted molar refractivity (Wildman–Crippen MR) is 176 cm³/mol. The highest BCUT2D eigenvalue weighted by Crippen LogP contribution is 2.47. The van der Waals surface area contributed by atoms with Crippen molar-refractivity contribution in [3.63, 3.8) is 0 Å². The van der Waals surface area contributed by atoms with Gasteiger partial charge < -0.3 is 39.5 Å². The van der Waals surface area contributed by atoms with Crippen LogP contribution in [0.1, 0.15) is 29.5 Å². The number of hydrogen-bond donors (Lipinski definition) is 4. The predicted octanol–water partition coefficient (Wildman–Crippen LogP) is 1.86. The minimum Gasteiger partial charge on any atom is -0.488 e. The van der Waals surface area contributed by atoms with E-state index in [2.05, 4.69) is 28.0 Å². The number of carbonyl (C=O) groups is 5. The van der Waals surface area contributed by atoms with E-state index in [1.165, 1.54) is 0 Å². The van der Waals surface area contributed by atoms with Gasteiger partial charge in [-0.25, -0.2) is 19.2 Å². The fraction of sp³-hybridized carbons (Fsp3) is 0.400. The highest BCUT2D eigenvalue weighted by Gasteiger charge is 2.49. The van der Waals surface area contributed by atoms with Gasteiger partial charge in [-0.05, 0) is 30.5 Å². The summed E-state index contributed by atoms with van der Waals surface area (Å²) in [5.74, 6) is -4.86. The van der Waals surface area contributed by atoms with Crippen LogP contribution in [0.2, 0.25) is 0 Å². The molecule has 4 aliphatic heterocycles. The van der Waals surface area contributed by atoms with Crippen molar-refractivity contribution < 1.29 is 58.6 Å². The Kier molecular flexibility index (Phi) is 13.6. The third kappa shape index (κ3) is 10.7. The standard InChI is InChI=1S/C27H33N3O4.2C4H4O4/c31-26(30-11-5-6-12-30)18-29-15-13-28(14-16-29)17-22-20-33-27(34-22)23-8-2-1-7-21(23)19-32-25-10-4-3-9-24(25)27;2*5-3(6)1-2-4(7)8/h1-4,7-10,22H,5-6,11-20H2;2*1-2H,(H,5,6)(H,7,8)/b;2*2-1+. The highest BCUT2D eigenvalue weighted by molar-refractivity contribution is 5.90. The minimum absolute atomic E-state index is 0.0306. The average Bonchev–Trinajstić information content (AvgIpc) is 3.77. The molecule has 4 aliphatic rings. The normalized spacial score (nSPS) is 21.6. The highest BCUT2D eigenvalue weighted by atomic mass is 16.7. The Hall–Kier alpha value is -5.09. The van der Waals surface area contributed by atoms with Gasteiger partial charge in [0.15, 0.2) is 0 Å². The minimum atomic E-state index is -1.26. The molecule has 3 fully saturated rings. The van der Waals surface area contributed by atoms with Crippen molar-refractivity contribution in [1.82, 2.24) is 14.7 Å². The second-order valence-electron chi connectivity index (χ2n) is 11.8. The lowest BCUT2D eigenvalue weighted by molar-refractivity contribution is -0.145. The quantitative estimate of drug-likeness (QED) is 0.291. The lowest BCUT2D eigenvalue weighted by atomic mass is 9.93. The second kappa shape index (κ2) is 18.1. The molecule has 0 saturated carbocycles. The topological polar surface area (TPSA) is 204 Å². The number of ether oxygens (including phenoxy) is 3. The molecular weight excluding hydrogens is 654 g/mol. The largest absolute Gasteiger partial charge is 0.488 e. The van der Waals surface area contributed by atoms with Gasteiger partial charge >= 0.3 is 23.9 Å². The van der Waals surface area contributed by atoms with Gasteiger partial charge in [-0.15, -0.1) is 0 Å². The van der Waals surface area contributed by atoms with Gasteiger partial charge in [0.1, 0.15) is 12.4 Å². The number of amides is 1. The summed E-state index contributed by atoms with van der Waals surface area (Å²) in [5, 5.41) is 31.2. The molecule has 4 heterocycles. The van der Waals surface area contributed by atoms with E-state index in [1.54, 1.807) is 0 Å². The molecule has 3 saturated heterocycles. The molecule has 1 amide bonds. The Morgan fingerprint density at radius 2 is 1.22 bits per heavy atom. The van der Waals surface area contributed by atoms with Crippen LogP contribution in [-0.2, 0) is 45.8 Å². The summed E-state index contributed by atoms with van der Waals surface area (Å²) in [4.78, 5) is 57.5. The van der Waals surface area contributed by atoms with E-state index < -0.39 is 29.7 Å². The number of fused-ring (bicyclic) bond motifs is 4. The number of hydrogen-bond acceptors (Lipinski definition) is 10. The van der Waals surface area contributed by atoms with Gasteiger partial charge in [-0.3, -0.25) is 14.6 Å². The van der Waals surface area contributed by atoms with Crippen LogP contribution in [0.4, 0.5) is 0 Å². The first kappa shape index (κ1) is 37.7. The molecule has 1 spiro atoms. The number of carbonyl (C=O) groups excluding carboxylic acids is 1. The van der Waals surface area contributed by atoms with Crippen molar-refractivity contribution in [3.05, 3.63) is 89.5 Å². The SMILES string of the molecule is O=C(CN1CCN(CC2COC3(O2)c2ccccc2COc2ccccc23)CC1)N1CCCC1.O=C(O)/C=C/C(=O)O.O=C(O)/C=C/C(=O)O. The number of benzene rings is 2. The zero-order valence-corrected chi connectivity index (χ0v) is 27.4. The monoisotopic (exact) mass is 695 g/mol. The van der Waals surface area contributed by atoms with E-state index in [9.17, 15) is 24.0 Å². The molecule has 6 rings (SSSR count). The van der Waals surface area contributed by atoms with E-state index in [-0.39, 0.29) is 12.0 Å². The van der Waals surface area contributed by atoms with Crippen molar-refractivity contribution in [2.24, 2.45) is 0 Å². The third-order valence-corrected chi connectivity index (χ3v) is 8.28. The van der Waals surface area contributed by atoms with Gasteiger partial charge in [-0.2, -0.15) is 0 Å². The number of aliphatic carboxylic acids is 4. The molecule has 0 aliphatic carbocycles. The van der Waals surface area contributed by atoms with Crippen LogP contribution >= 0.6 is 0 Å². The van der Waals surface area contributed by atoms with Crippen molar-refractivity contribution in [2.45, 2.75) is 31.3 Å². The molecule has 0 bridgehead atoms. The summed E-state index contributed by atoms with van der Waals surface area (Å²) in [7, 11) is 0. The first-order chi connectivity index (χ1) is 24.0. The third-order valence-electron chi connectivity index (χ3n) is 8.28. The van der Waals surface area contributed by atoms with Crippen LogP contribution in [0.25, 0.3) is 0 Å². The molecular formula is C35H41N3O12. The fourth-order valence-corrected chi connectivity index (χ4v) is 5.98. The maximum absolute atomic E-state index is 12.5. The lowest BCUT2D eigenvalue weighted by Gasteiger charge is -2.36. The molecule has 0 aromatic heterocycles. The number of likely N-dealkylation sites (tertiary alicyclic amines) is 1. The van der Waals surface area contributed by atoms with Gasteiger partial charge in [0.25, 0.3) is 0 Å². The van der Waals surface area contributed by atoms with Gasteiger partial charge in [0.2, 0.25) is 11.7 Å². The van der Waals surface area contributed by atoms with Gasteiger partial charge in [-0.1, -0.05) is 36.4 Å². The Bertz CT molecular complexity index is 1460. The van der Waals surface area contributed by atoms with E-state index in [1.807, 2.05) is 35.2 Å². The van der Waals surface area contributed by atoms with Crippen LogP contribution in [-0.4, -0.2) is 130 Å². The van der Waals surface area contributed by atoms with E-state index in [4.69, 9.17) is 34.6 Å². The summed E-state index contributed by atoms with van der Waals surface area (Å²) < 4.78 is 19.4. The van der Waals surface area contributed by atoms with Crippen molar-refractivity contribution >= 4 is 29.8 Å². The Labute approximate surface area is 288 Å². The smallest absolute Gasteiger partial charge is 0.328 e. The van der Waals surface area contributed by atoms with Crippen LogP contribution < -0.4 is 4.74 Å². The summed E-state index contributed by atoms with van der Waals surface area (Å²) >= 11 is 0. The number of nitrogens with zero attached hydrogens (tertiary/aromatic N) is 3. The lowest BCUT2D eigenvalue weighted by Crippen LogP contribution is -2.51. The average molecular weight is 696 g/mol. The maximum Gasteiger partial charge on any atom is 0.328 e. The second-order valence-corrected chi connectivity index (χ2v) is 11.8. The van der Waals surface area contributed by atoms with Crippen molar-refractivity contribution in [2.75, 3.05) is 59.0 Å². The van der Waals surface area contributed by atoms with Crippen LogP contribution in [0.3, 0.4) is 0 Å².